The second-order valence-electron chi connectivity index (χ2n) is 3.32. The van der Waals surface area contributed by atoms with E-state index in [2.05, 4.69) is 28.2 Å². The lowest BCUT2D eigenvalue weighted by Crippen LogP contribution is -1.94. The lowest BCUT2D eigenvalue weighted by atomic mass is 10.3. The summed E-state index contributed by atoms with van der Waals surface area (Å²) in [6.07, 6.45) is 7.52. The summed E-state index contributed by atoms with van der Waals surface area (Å²) < 4.78 is 5.38. The third-order valence-electron chi connectivity index (χ3n) is 2.03. The molecule has 1 radical (unpaired) electrons. The number of hydrogen-bond acceptors (Lipinski definition) is 4. The Hall–Kier alpha value is -2.36. The minimum atomic E-state index is 0.509. The number of nitrogens with one attached hydrogen (secondary N) is 1. The number of anilines is 2. The van der Waals surface area contributed by atoms with Gasteiger partial charge in [0.1, 0.15) is 12.4 Å². The van der Waals surface area contributed by atoms with Crippen LogP contribution in [0.25, 0.3) is 0 Å². The maximum absolute atomic E-state index is 5.38. The van der Waals surface area contributed by atoms with Crippen molar-refractivity contribution in [3.63, 3.8) is 0 Å². The Morgan fingerprint density at radius 3 is 2.53 bits per heavy atom. The van der Waals surface area contributed by atoms with Gasteiger partial charge in [0.2, 0.25) is 0 Å². The summed E-state index contributed by atoms with van der Waals surface area (Å²) in [5.74, 6) is 0.813. The van der Waals surface area contributed by atoms with Crippen LogP contribution < -0.4 is 10.1 Å². The first-order valence-corrected chi connectivity index (χ1v) is 5.17. The molecule has 85 valence electrons. The van der Waals surface area contributed by atoms with Crippen LogP contribution in [0.15, 0.2) is 49.3 Å². The van der Waals surface area contributed by atoms with Gasteiger partial charge in [-0.25, -0.2) is 9.97 Å². The molecule has 0 fully saturated rings. The zero-order valence-electron chi connectivity index (χ0n) is 9.26. The number of benzene rings is 1. The molecule has 0 spiro atoms. The van der Waals surface area contributed by atoms with Gasteiger partial charge in [0.25, 0.3) is 0 Å². The molecule has 4 heteroatoms. The summed E-state index contributed by atoms with van der Waals surface area (Å²) in [4.78, 5) is 7.61. The first-order chi connectivity index (χ1) is 8.38. The Morgan fingerprint density at radius 2 is 1.88 bits per heavy atom. The van der Waals surface area contributed by atoms with Gasteiger partial charge in [0, 0.05) is 5.69 Å². The number of hydrogen-bond donors (Lipinski definition) is 1. The molecular formula is C13H12N3O. The van der Waals surface area contributed by atoms with Crippen molar-refractivity contribution in [2.75, 3.05) is 11.9 Å². The van der Waals surface area contributed by atoms with Crippen LogP contribution in [0, 0.1) is 6.33 Å². The number of aromatic nitrogens is 2. The fourth-order valence-electron chi connectivity index (χ4n) is 1.28. The van der Waals surface area contributed by atoms with Crippen LogP contribution in [0.1, 0.15) is 0 Å². The molecule has 0 unspecified atom stereocenters. The summed E-state index contributed by atoms with van der Waals surface area (Å²) >= 11 is 0. The highest BCUT2D eigenvalue weighted by Gasteiger charge is 1.96. The van der Waals surface area contributed by atoms with Crippen molar-refractivity contribution in [3.8, 4) is 5.75 Å². The molecule has 17 heavy (non-hydrogen) atoms. The van der Waals surface area contributed by atoms with Gasteiger partial charge in [0.15, 0.2) is 6.33 Å². The summed E-state index contributed by atoms with van der Waals surface area (Å²) in [5, 5.41) is 3.17. The highest BCUT2D eigenvalue weighted by molar-refractivity contribution is 5.58. The molecule has 1 aromatic carbocycles. The van der Waals surface area contributed by atoms with Crippen molar-refractivity contribution in [2.45, 2.75) is 0 Å². The third-order valence-corrected chi connectivity index (χ3v) is 2.03. The van der Waals surface area contributed by atoms with E-state index in [0.717, 1.165) is 17.1 Å². The average Bonchev–Trinajstić information content (AvgIpc) is 2.39. The van der Waals surface area contributed by atoms with Gasteiger partial charge >= 0.3 is 0 Å². The van der Waals surface area contributed by atoms with Crippen molar-refractivity contribution >= 4 is 11.4 Å². The maximum Gasteiger partial charge on any atom is 0.197 e. The van der Waals surface area contributed by atoms with E-state index in [9.17, 15) is 0 Å². The predicted octanol–water partition coefficient (Wildman–Crippen LogP) is 2.59. The molecule has 0 aliphatic carbocycles. The number of rotatable bonds is 5. The van der Waals surface area contributed by atoms with E-state index < -0.39 is 0 Å². The molecule has 0 atom stereocenters. The SMILES string of the molecule is C=CCOc1ccc(Nc2cn[c]nc2)cc1. The van der Waals surface area contributed by atoms with E-state index in [4.69, 9.17) is 4.74 Å². The largest absolute Gasteiger partial charge is 0.490 e. The van der Waals surface area contributed by atoms with E-state index in [1.54, 1.807) is 18.5 Å². The van der Waals surface area contributed by atoms with Crippen molar-refractivity contribution < 1.29 is 4.74 Å². The second kappa shape index (κ2) is 5.65. The van der Waals surface area contributed by atoms with E-state index in [1.807, 2.05) is 24.3 Å². The van der Waals surface area contributed by atoms with Crippen LogP contribution in [-0.4, -0.2) is 16.6 Å². The van der Waals surface area contributed by atoms with E-state index in [-0.39, 0.29) is 0 Å². The van der Waals surface area contributed by atoms with Crippen molar-refractivity contribution in [3.05, 3.63) is 55.6 Å². The molecule has 0 aliphatic rings. The molecule has 2 rings (SSSR count). The van der Waals surface area contributed by atoms with E-state index in [1.165, 1.54) is 0 Å². The van der Waals surface area contributed by atoms with Gasteiger partial charge in [0.05, 0.1) is 18.1 Å². The quantitative estimate of drug-likeness (QED) is 0.796. The van der Waals surface area contributed by atoms with Crippen LogP contribution in [-0.2, 0) is 0 Å². The first kappa shape index (κ1) is 11.1. The number of nitrogens with zero attached hydrogens (tertiary/aromatic N) is 2. The monoisotopic (exact) mass is 226 g/mol. The Morgan fingerprint density at radius 1 is 1.18 bits per heavy atom. The lowest BCUT2D eigenvalue weighted by Gasteiger charge is -2.07. The molecule has 2 aromatic rings. The van der Waals surface area contributed by atoms with E-state index in [0.29, 0.717) is 6.61 Å². The normalized spacial score (nSPS) is 9.65. The third kappa shape index (κ3) is 3.31. The maximum atomic E-state index is 5.38. The topological polar surface area (TPSA) is 47.0 Å². The molecule has 0 bridgehead atoms. The highest BCUT2D eigenvalue weighted by Crippen LogP contribution is 2.18. The van der Waals surface area contributed by atoms with Crippen LogP contribution in [0.4, 0.5) is 11.4 Å². The molecule has 0 amide bonds. The van der Waals surface area contributed by atoms with Gasteiger partial charge in [-0.1, -0.05) is 12.7 Å². The smallest absolute Gasteiger partial charge is 0.197 e. The van der Waals surface area contributed by atoms with Gasteiger partial charge in [-0.2, -0.15) is 0 Å². The van der Waals surface area contributed by atoms with Crippen LogP contribution in [0.2, 0.25) is 0 Å². The predicted molar refractivity (Wildman–Crippen MR) is 66.3 cm³/mol. The van der Waals surface area contributed by atoms with Crippen molar-refractivity contribution in [2.24, 2.45) is 0 Å². The van der Waals surface area contributed by atoms with Gasteiger partial charge in [-0.05, 0) is 24.3 Å². The Balaban J connectivity index is 2.01. The molecule has 0 saturated carbocycles. The van der Waals surface area contributed by atoms with Gasteiger partial charge in [-0.3, -0.25) is 0 Å². The Kier molecular flexibility index (Phi) is 3.70. The summed E-state index contributed by atoms with van der Waals surface area (Å²) in [6, 6.07) is 7.63. The zero-order valence-corrected chi connectivity index (χ0v) is 9.26. The summed E-state index contributed by atoms with van der Waals surface area (Å²) in [7, 11) is 0. The lowest BCUT2D eigenvalue weighted by molar-refractivity contribution is 0.363. The van der Waals surface area contributed by atoms with Crippen molar-refractivity contribution in [1.82, 2.24) is 9.97 Å². The minimum Gasteiger partial charge on any atom is -0.490 e. The summed E-state index contributed by atoms with van der Waals surface area (Å²) in [5.41, 5.74) is 1.77. The second-order valence-corrected chi connectivity index (χ2v) is 3.32. The van der Waals surface area contributed by atoms with Crippen molar-refractivity contribution in [1.29, 1.82) is 0 Å². The zero-order chi connectivity index (χ0) is 11.9. The molecule has 4 nitrogen and oxygen atoms in total. The molecule has 1 heterocycles. The molecule has 0 saturated heterocycles. The molecule has 1 aromatic heterocycles. The fraction of sp³-hybridized carbons (Fsp3) is 0.0769. The molecule has 0 aliphatic heterocycles. The fourth-order valence-corrected chi connectivity index (χ4v) is 1.28. The standard InChI is InChI=1S/C13H12N3O/c1-2-7-17-13-5-3-11(4-6-13)16-12-8-14-10-15-9-12/h2-6,8-9,16H,1,7H2. The minimum absolute atomic E-state index is 0.509. The summed E-state index contributed by atoms with van der Waals surface area (Å²) in [6.45, 7) is 4.10. The highest BCUT2D eigenvalue weighted by atomic mass is 16.5. The number of ether oxygens (including phenoxy) is 1. The average molecular weight is 226 g/mol. The van der Waals surface area contributed by atoms with Gasteiger partial charge < -0.3 is 10.1 Å². The van der Waals surface area contributed by atoms with Gasteiger partial charge in [-0.15, -0.1) is 0 Å². The van der Waals surface area contributed by atoms with E-state index >= 15 is 0 Å². The van der Waals surface area contributed by atoms with Crippen LogP contribution >= 0.6 is 0 Å². The molecule has 1 N–H and O–H groups in total. The Bertz CT molecular complexity index is 468. The van der Waals surface area contributed by atoms with Crippen LogP contribution in [0.3, 0.4) is 0 Å². The molecular weight excluding hydrogens is 214 g/mol. The first-order valence-electron chi connectivity index (χ1n) is 5.17. The Labute approximate surface area is 100.0 Å². The van der Waals surface area contributed by atoms with Crippen LogP contribution in [0.5, 0.6) is 5.75 Å².